The maximum absolute atomic E-state index is 11.1. The van der Waals surface area contributed by atoms with E-state index in [1.165, 1.54) is 0 Å². The van der Waals surface area contributed by atoms with E-state index >= 15 is 0 Å². The van der Waals surface area contributed by atoms with Crippen LogP contribution in [0.4, 0.5) is 0 Å². The fourth-order valence-corrected chi connectivity index (χ4v) is 1.74. The summed E-state index contributed by atoms with van der Waals surface area (Å²) in [6.07, 6.45) is 2.27. The Hall–Kier alpha value is -1.91. The number of amides is 1. The lowest BCUT2D eigenvalue weighted by Crippen LogP contribution is -2.19. The van der Waals surface area contributed by atoms with Crippen LogP contribution in [0.3, 0.4) is 0 Å². The Bertz CT molecular complexity index is 586. The molecule has 88 valence electrons. The second kappa shape index (κ2) is 3.55. The van der Waals surface area contributed by atoms with E-state index in [1.807, 2.05) is 0 Å². The van der Waals surface area contributed by atoms with E-state index in [0.29, 0.717) is 22.8 Å². The lowest BCUT2D eigenvalue weighted by atomic mass is 10.1. The van der Waals surface area contributed by atoms with Gasteiger partial charge in [0.1, 0.15) is 0 Å². The number of rotatable bonds is 3. The number of nitrogens with zero attached hydrogens (tertiary/aromatic N) is 2. The van der Waals surface area contributed by atoms with E-state index < -0.39 is 5.92 Å². The van der Waals surface area contributed by atoms with Gasteiger partial charge in [0.2, 0.25) is 5.91 Å². The van der Waals surface area contributed by atoms with Gasteiger partial charge in [-0.1, -0.05) is 0 Å². The van der Waals surface area contributed by atoms with Crippen molar-refractivity contribution in [1.82, 2.24) is 9.97 Å². The van der Waals surface area contributed by atoms with Crippen molar-refractivity contribution in [3.63, 3.8) is 0 Å². The van der Waals surface area contributed by atoms with E-state index in [4.69, 9.17) is 10.2 Å². The molecule has 0 spiro atoms. The fourth-order valence-electron chi connectivity index (χ4n) is 1.74. The number of aromatic nitrogens is 2. The third kappa shape index (κ3) is 1.77. The summed E-state index contributed by atoms with van der Waals surface area (Å²) in [6.45, 7) is 1.73. The van der Waals surface area contributed by atoms with E-state index in [0.717, 1.165) is 18.7 Å². The van der Waals surface area contributed by atoms with Crippen molar-refractivity contribution < 1.29 is 9.21 Å². The van der Waals surface area contributed by atoms with Gasteiger partial charge in [-0.2, -0.15) is 4.98 Å². The minimum absolute atomic E-state index is 0.386. The van der Waals surface area contributed by atoms with Crippen molar-refractivity contribution in [3.05, 3.63) is 23.7 Å². The highest BCUT2D eigenvalue weighted by atomic mass is 16.3. The lowest BCUT2D eigenvalue weighted by molar-refractivity contribution is -0.119. The summed E-state index contributed by atoms with van der Waals surface area (Å²) in [7, 11) is 0. The monoisotopic (exact) mass is 231 g/mol. The highest BCUT2D eigenvalue weighted by Crippen LogP contribution is 2.40. The molecule has 0 radical (unpaired) electrons. The van der Waals surface area contributed by atoms with Crippen LogP contribution in [0.5, 0.6) is 0 Å². The molecule has 1 fully saturated rings. The summed E-state index contributed by atoms with van der Waals surface area (Å²) in [6, 6.07) is 3.57. The molecule has 1 saturated carbocycles. The topological polar surface area (TPSA) is 82.0 Å². The van der Waals surface area contributed by atoms with Gasteiger partial charge in [0, 0.05) is 5.92 Å². The standard InChI is InChI=1S/C12H13N3O2/c1-6(10(13)16)8-4-5-9-11(14-8)15-12(17-9)7-2-3-7/h4-7H,2-3H2,1H3,(H2,13,16). The first-order valence-electron chi connectivity index (χ1n) is 5.72. The van der Waals surface area contributed by atoms with Gasteiger partial charge in [-0.3, -0.25) is 4.79 Å². The van der Waals surface area contributed by atoms with Crippen LogP contribution in [-0.4, -0.2) is 15.9 Å². The third-order valence-electron chi connectivity index (χ3n) is 3.09. The minimum Gasteiger partial charge on any atom is -0.439 e. The van der Waals surface area contributed by atoms with Crippen molar-refractivity contribution in [2.45, 2.75) is 31.6 Å². The molecular formula is C12H13N3O2. The lowest BCUT2D eigenvalue weighted by Gasteiger charge is -2.04. The molecule has 2 N–H and O–H groups in total. The van der Waals surface area contributed by atoms with Crippen LogP contribution < -0.4 is 5.73 Å². The molecule has 3 rings (SSSR count). The van der Waals surface area contributed by atoms with Crippen molar-refractivity contribution in [2.24, 2.45) is 5.73 Å². The Morgan fingerprint density at radius 2 is 2.24 bits per heavy atom. The van der Waals surface area contributed by atoms with Crippen molar-refractivity contribution in [2.75, 3.05) is 0 Å². The second-order valence-electron chi connectivity index (χ2n) is 4.51. The maximum atomic E-state index is 11.1. The summed E-state index contributed by atoms with van der Waals surface area (Å²) in [4.78, 5) is 19.8. The van der Waals surface area contributed by atoms with Crippen LogP contribution in [0.1, 0.15) is 43.2 Å². The van der Waals surface area contributed by atoms with E-state index in [1.54, 1.807) is 19.1 Å². The fraction of sp³-hybridized carbons (Fsp3) is 0.417. The number of carbonyl (C=O) groups is 1. The van der Waals surface area contributed by atoms with Gasteiger partial charge < -0.3 is 10.2 Å². The summed E-state index contributed by atoms with van der Waals surface area (Å²) in [5, 5.41) is 0. The van der Waals surface area contributed by atoms with Crippen LogP contribution in [-0.2, 0) is 4.79 Å². The zero-order valence-corrected chi connectivity index (χ0v) is 9.51. The van der Waals surface area contributed by atoms with Crippen molar-refractivity contribution in [3.8, 4) is 0 Å². The first-order valence-corrected chi connectivity index (χ1v) is 5.72. The maximum Gasteiger partial charge on any atom is 0.226 e. The summed E-state index contributed by atoms with van der Waals surface area (Å²) >= 11 is 0. The van der Waals surface area contributed by atoms with Gasteiger partial charge in [-0.15, -0.1) is 0 Å². The van der Waals surface area contributed by atoms with Crippen molar-refractivity contribution in [1.29, 1.82) is 0 Å². The number of hydrogen-bond donors (Lipinski definition) is 1. The zero-order chi connectivity index (χ0) is 12.0. The summed E-state index contributed by atoms with van der Waals surface area (Å²) in [5.41, 5.74) is 7.13. The molecule has 2 aromatic heterocycles. The molecule has 1 amide bonds. The van der Waals surface area contributed by atoms with E-state index in [2.05, 4.69) is 9.97 Å². The van der Waals surface area contributed by atoms with Crippen LogP contribution in [0.15, 0.2) is 16.5 Å². The number of primary amides is 1. The molecule has 0 saturated heterocycles. The molecule has 0 aliphatic heterocycles. The molecule has 1 aliphatic carbocycles. The number of carbonyl (C=O) groups excluding carboxylic acids is 1. The normalized spacial score (nSPS) is 17.2. The number of hydrogen-bond acceptors (Lipinski definition) is 4. The van der Waals surface area contributed by atoms with E-state index in [-0.39, 0.29) is 5.91 Å². The van der Waals surface area contributed by atoms with Gasteiger partial charge in [0.15, 0.2) is 17.1 Å². The average molecular weight is 231 g/mol. The molecule has 1 atom stereocenters. The number of fused-ring (bicyclic) bond motifs is 1. The molecule has 2 heterocycles. The Balaban J connectivity index is 2.02. The van der Waals surface area contributed by atoms with Gasteiger partial charge in [-0.25, -0.2) is 4.98 Å². The van der Waals surface area contributed by atoms with Crippen LogP contribution in [0.2, 0.25) is 0 Å². The predicted octanol–water partition coefficient (Wildman–Crippen LogP) is 1.69. The molecule has 5 nitrogen and oxygen atoms in total. The number of oxazole rings is 1. The number of pyridine rings is 1. The molecule has 0 aromatic carbocycles. The largest absolute Gasteiger partial charge is 0.439 e. The SMILES string of the molecule is CC(C(N)=O)c1ccc2oc(C3CC3)nc2n1. The van der Waals surface area contributed by atoms with Crippen LogP contribution in [0.25, 0.3) is 11.2 Å². The highest BCUT2D eigenvalue weighted by molar-refractivity contribution is 5.81. The van der Waals surface area contributed by atoms with Gasteiger partial charge in [0.05, 0.1) is 11.6 Å². The summed E-state index contributed by atoms with van der Waals surface area (Å²) < 4.78 is 5.60. The smallest absolute Gasteiger partial charge is 0.226 e. The van der Waals surface area contributed by atoms with Gasteiger partial charge in [-0.05, 0) is 31.9 Å². The van der Waals surface area contributed by atoms with Crippen molar-refractivity contribution >= 4 is 17.1 Å². The summed E-state index contributed by atoms with van der Waals surface area (Å²) in [5.74, 6) is 0.431. The van der Waals surface area contributed by atoms with Crippen LogP contribution in [0, 0.1) is 0 Å². The molecular weight excluding hydrogens is 218 g/mol. The average Bonchev–Trinajstić information content (AvgIpc) is 3.07. The highest BCUT2D eigenvalue weighted by Gasteiger charge is 2.29. The first-order chi connectivity index (χ1) is 8.15. The minimum atomic E-state index is -0.402. The Kier molecular flexibility index (Phi) is 2.14. The predicted molar refractivity (Wildman–Crippen MR) is 61.4 cm³/mol. The van der Waals surface area contributed by atoms with E-state index in [9.17, 15) is 4.79 Å². The van der Waals surface area contributed by atoms with Gasteiger partial charge >= 0.3 is 0 Å². The zero-order valence-electron chi connectivity index (χ0n) is 9.51. The van der Waals surface area contributed by atoms with Crippen LogP contribution >= 0.6 is 0 Å². The Morgan fingerprint density at radius 1 is 1.47 bits per heavy atom. The van der Waals surface area contributed by atoms with Gasteiger partial charge in [0.25, 0.3) is 0 Å². The Labute approximate surface area is 98.0 Å². The first kappa shape index (κ1) is 10.3. The third-order valence-corrected chi connectivity index (χ3v) is 3.09. The quantitative estimate of drug-likeness (QED) is 0.871. The molecule has 17 heavy (non-hydrogen) atoms. The molecule has 2 aromatic rings. The molecule has 1 aliphatic rings. The Morgan fingerprint density at radius 3 is 2.88 bits per heavy atom. The second-order valence-corrected chi connectivity index (χ2v) is 4.51. The number of nitrogens with two attached hydrogens (primary N) is 1. The molecule has 1 unspecified atom stereocenters. The molecule has 0 bridgehead atoms. The molecule has 5 heteroatoms.